The van der Waals surface area contributed by atoms with Gasteiger partial charge < -0.3 is 56.4 Å². The molecule has 2 aliphatic heterocycles. The van der Waals surface area contributed by atoms with Crippen molar-refractivity contribution in [2.24, 2.45) is 5.92 Å². The summed E-state index contributed by atoms with van der Waals surface area (Å²) in [6.07, 6.45) is -0.617. The maximum Gasteiger partial charge on any atom is 0.329 e. The van der Waals surface area contributed by atoms with E-state index in [0.29, 0.717) is 23.1 Å². The van der Waals surface area contributed by atoms with Crippen molar-refractivity contribution in [3.05, 3.63) is 102 Å². The first kappa shape index (κ1) is 57.5. The second kappa shape index (κ2) is 27.6. The molecule has 2 saturated heterocycles. The van der Waals surface area contributed by atoms with E-state index >= 15 is 4.79 Å². The van der Waals surface area contributed by atoms with E-state index in [1.165, 1.54) is 26.1 Å². The van der Waals surface area contributed by atoms with E-state index in [1.54, 1.807) is 86.6 Å². The second-order valence-corrected chi connectivity index (χ2v) is 19.4. The summed E-state index contributed by atoms with van der Waals surface area (Å²) in [5.74, 6) is -9.39. The standard InChI is InChI=1S/C54H71N7O13/c1-6-7-8-9-16-21-43(63)55-40(31-45(65)66)49(68)59-47-33(4)74-54(73)46(32(2)3)58-50(69)41(29-36-22-24-37(62)25-23-36)60(5)53(72)42(30-35-19-14-11-15-20-35)61-44(64)27-26-38(52(61)71)56-48(67)39(57-51(47)70)28-34-17-12-10-13-18-34/h10-15,17-20,22-25,32-33,38-42,44,46-47,62,64H,6-9,16,21,26-31H2,1-5H3,(H,55,63)(H,56,67)(H,57,70)(H,58,69)(H,59,68)(H,65,66). The van der Waals surface area contributed by atoms with Crippen LogP contribution in [0.2, 0.25) is 0 Å². The van der Waals surface area contributed by atoms with Crippen molar-refractivity contribution in [2.45, 2.75) is 159 Å². The van der Waals surface area contributed by atoms with E-state index < -0.39 is 120 Å². The highest BCUT2D eigenvalue weighted by Gasteiger charge is 2.46. The summed E-state index contributed by atoms with van der Waals surface area (Å²) in [7, 11) is 1.35. The number of cyclic esters (lactones) is 1. The SMILES string of the molecule is CCCCCCCC(=O)NC(CC(=O)O)C(=O)NC1C(=O)NC(Cc2ccccc2)C(=O)NC2CCC(O)N(C2=O)C(Cc2ccccc2)C(=O)N(C)C(Cc2ccc(O)cc2)C(=O)NC(C(C)C)C(=O)OC1C. The van der Waals surface area contributed by atoms with Crippen LogP contribution in [0.3, 0.4) is 0 Å². The number of aliphatic hydroxyl groups excluding tert-OH is 1. The minimum atomic E-state index is -1.86. The van der Waals surface area contributed by atoms with Crippen LogP contribution in [0.25, 0.3) is 0 Å². The molecule has 9 atom stereocenters. The van der Waals surface area contributed by atoms with E-state index in [4.69, 9.17) is 4.74 Å². The Hall–Kier alpha value is -7.35. The van der Waals surface area contributed by atoms with Crippen LogP contribution in [-0.4, -0.2) is 140 Å². The number of amides is 7. The Labute approximate surface area is 431 Å². The van der Waals surface area contributed by atoms with Gasteiger partial charge in [0.25, 0.3) is 0 Å². The van der Waals surface area contributed by atoms with Crippen molar-refractivity contribution in [3.63, 3.8) is 0 Å². The number of hydrogen-bond donors (Lipinski definition) is 8. The summed E-state index contributed by atoms with van der Waals surface area (Å²) in [5, 5.41) is 44.5. The number of phenolic OH excluding ortho intramolecular Hbond substituents is 1. The molecule has 5 rings (SSSR count). The lowest BCUT2D eigenvalue weighted by molar-refractivity contribution is -0.165. The molecule has 400 valence electrons. The molecule has 3 aromatic carbocycles. The van der Waals surface area contributed by atoms with Gasteiger partial charge in [0.2, 0.25) is 41.4 Å². The summed E-state index contributed by atoms with van der Waals surface area (Å²) in [5.41, 5.74) is 1.65. The van der Waals surface area contributed by atoms with Gasteiger partial charge in [0.05, 0.1) is 6.42 Å². The Bertz CT molecular complexity index is 2420. The van der Waals surface area contributed by atoms with Gasteiger partial charge in [-0.25, -0.2) is 4.79 Å². The largest absolute Gasteiger partial charge is 0.508 e. The summed E-state index contributed by atoms with van der Waals surface area (Å²) in [4.78, 5) is 130. The zero-order chi connectivity index (χ0) is 54.1. The number of carboxylic acids is 1. The maximum absolute atomic E-state index is 15.1. The van der Waals surface area contributed by atoms with Gasteiger partial charge in [-0.05, 0) is 60.9 Å². The fourth-order valence-electron chi connectivity index (χ4n) is 9.05. The molecule has 2 aliphatic rings. The van der Waals surface area contributed by atoms with Gasteiger partial charge in [-0.15, -0.1) is 0 Å². The predicted octanol–water partition coefficient (Wildman–Crippen LogP) is 2.42. The van der Waals surface area contributed by atoms with Gasteiger partial charge in [0.15, 0.2) is 0 Å². The number of phenols is 1. The van der Waals surface area contributed by atoms with Crippen molar-refractivity contribution < 1.29 is 63.2 Å². The van der Waals surface area contributed by atoms with E-state index in [9.17, 15) is 53.7 Å². The number of fused-ring (bicyclic) bond motifs is 2. The number of piperidine rings is 1. The number of aromatic hydroxyl groups is 1. The molecule has 0 saturated carbocycles. The molecule has 20 nitrogen and oxygen atoms in total. The van der Waals surface area contributed by atoms with Crippen LogP contribution in [0.15, 0.2) is 84.9 Å². The molecule has 3 aromatic rings. The van der Waals surface area contributed by atoms with Gasteiger partial charge in [-0.1, -0.05) is 119 Å². The molecule has 2 bridgehead atoms. The number of carbonyl (C=O) groups excluding carboxylic acids is 8. The van der Waals surface area contributed by atoms with E-state index in [1.807, 2.05) is 6.92 Å². The Kier molecular flexibility index (Phi) is 21.5. The highest BCUT2D eigenvalue weighted by atomic mass is 16.5. The first-order valence-corrected chi connectivity index (χ1v) is 25.3. The average Bonchev–Trinajstić information content (AvgIpc) is 3.36. The van der Waals surface area contributed by atoms with Crippen LogP contribution >= 0.6 is 0 Å². The van der Waals surface area contributed by atoms with E-state index in [0.717, 1.165) is 35.5 Å². The van der Waals surface area contributed by atoms with Crippen LogP contribution in [0.4, 0.5) is 0 Å². The molecule has 0 radical (unpaired) electrons. The third kappa shape index (κ3) is 16.3. The third-order valence-electron chi connectivity index (χ3n) is 13.3. The maximum atomic E-state index is 15.1. The zero-order valence-electron chi connectivity index (χ0n) is 42.7. The van der Waals surface area contributed by atoms with Crippen molar-refractivity contribution >= 4 is 53.3 Å². The topological polar surface area (TPSA) is 290 Å². The number of nitrogens with one attached hydrogen (secondary N) is 5. The van der Waals surface area contributed by atoms with Gasteiger partial charge in [-0.2, -0.15) is 0 Å². The molecule has 0 aromatic heterocycles. The monoisotopic (exact) mass is 1030 g/mol. The number of hydrogen-bond acceptors (Lipinski definition) is 12. The van der Waals surface area contributed by atoms with Crippen molar-refractivity contribution in [1.82, 2.24) is 36.4 Å². The molecular formula is C54H71N7O13. The van der Waals surface area contributed by atoms with Gasteiger partial charge in [0.1, 0.15) is 60.4 Å². The minimum absolute atomic E-state index is 0.00270. The van der Waals surface area contributed by atoms with Gasteiger partial charge in [0, 0.05) is 32.7 Å². The molecule has 9 unspecified atom stereocenters. The van der Waals surface area contributed by atoms with Crippen LogP contribution in [0.1, 0.15) is 102 Å². The van der Waals surface area contributed by atoms with Gasteiger partial charge in [-0.3, -0.25) is 38.4 Å². The third-order valence-corrected chi connectivity index (χ3v) is 13.3. The fourth-order valence-corrected chi connectivity index (χ4v) is 9.05. The summed E-state index contributed by atoms with van der Waals surface area (Å²) >= 11 is 0. The molecular weight excluding hydrogens is 955 g/mol. The Balaban J connectivity index is 1.61. The van der Waals surface area contributed by atoms with Crippen LogP contribution in [-0.2, 0) is 67.2 Å². The normalized spacial score (nSPS) is 23.8. The van der Waals surface area contributed by atoms with Crippen LogP contribution < -0.4 is 26.6 Å². The number of carboxylic acid groups (broad SMARTS) is 1. The predicted molar refractivity (Wildman–Crippen MR) is 270 cm³/mol. The zero-order valence-corrected chi connectivity index (χ0v) is 42.7. The number of benzene rings is 3. The fraction of sp³-hybridized carbons (Fsp3) is 0.500. The number of likely N-dealkylation sites (N-methyl/N-ethyl adjacent to an activating group) is 1. The summed E-state index contributed by atoms with van der Waals surface area (Å²) in [6, 6.07) is 12.4. The molecule has 2 heterocycles. The Morgan fingerprint density at radius 3 is 1.93 bits per heavy atom. The van der Waals surface area contributed by atoms with Crippen molar-refractivity contribution in [3.8, 4) is 5.75 Å². The lowest BCUT2D eigenvalue weighted by Gasteiger charge is -2.43. The number of aliphatic carboxylic acids is 1. The van der Waals surface area contributed by atoms with Crippen LogP contribution in [0.5, 0.6) is 5.75 Å². The number of esters is 1. The summed E-state index contributed by atoms with van der Waals surface area (Å²) < 4.78 is 5.89. The number of aliphatic hydroxyl groups is 1. The molecule has 74 heavy (non-hydrogen) atoms. The van der Waals surface area contributed by atoms with E-state index in [2.05, 4.69) is 26.6 Å². The van der Waals surface area contributed by atoms with Crippen molar-refractivity contribution in [2.75, 3.05) is 7.05 Å². The highest BCUT2D eigenvalue weighted by Crippen LogP contribution is 2.26. The first-order valence-electron chi connectivity index (χ1n) is 25.3. The minimum Gasteiger partial charge on any atom is -0.508 e. The van der Waals surface area contributed by atoms with Gasteiger partial charge >= 0.3 is 11.9 Å². The average molecular weight is 1030 g/mol. The number of unbranched alkanes of at least 4 members (excludes halogenated alkanes) is 4. The lowest BCUT2D eigenvalue weighted by Crippen LogP contribution is -2.65. The Morgan fingerprint density at radius 1 is 0.730 bits per heavy atom. The van der Waals surface area contributed by atoms with Crippen molar-refractivity contribution in [1.29, 1.82) is 0 Å². The second-order valence-electron chi connectivity index (χ2n) is 19.4. The first-order chi connectivity index (χ1) is 35.3. The summed E-state index contributed by atoms with van der Waals surface area (Å²) in [6.45, 7) is 6.52. The van der Waals surface area contributed by atoms with E-state index in [-0.39, 0.29) is 44.3 Å². The quantitative estimate of drug-likeness (QED) is 0.0672. The molecule has 8 N–H and O–H groups in total. The Morgan fingerprint density at radius 2 is 1.32 bits per heavy atom. The molecule has 20 heteroatoms. The lowest BCUT2D eigenvalue weighted by atomic mass is 9.95. The number of carbonyl (C=O) groups is 9. The molecule has 7 amide bonds. The molecule has 2 fully saturated rings. The highest BCUT2D eigenvalue weighted by molar-refractivity contribution is 5.99. The molecule has 0 spiro atoms. The molecule has 0 aliphatic carbocycles. The smallest absolute Gasteiger partial charge is 0.329 e. The number of ether oxygens (including phenoxy) is 1. The number of rotatable bonds is 18. The van der Waals surface area contributed by atoms with Crippen LogP contribution in [0, 0.1) is 5.92 Å². The number of nitrogens with zero attached hydrogens (tertiary/aromatic N) is 2.